The van der Waals surface area contributed by atoms with Crippen molar-refractivity contribution in [3.05, 3.63) is 29.9 Å². The van der Waals surface area contributed by atoms with E-state index in [1.807, 2.05) is 6.20 Å². The van der Waals surface area contributed by atoms with E-state index in [9.17, 15) is 0 Å². The molecule has 1 heterocycles. The van der Waals surface area contributed by atoms with Gasteiger partial charge < -0.3 is 4.84 Å². The van der Waals surface area contributed by atoms with Crippen LogP contribution in [0.1, 0.15) is 29.9 Å². The van der Waals surface area contributed by atoms with Crippen molar-refractivity contribution >= 4 is 11.8 Å². The van der Waals surface area contributed by atoms with Gasteiger partial charge in [-0.1, -0.05) is 11.7 Å². The number of aryl methyl sites for hydroxylation is 1. The summed E-state index contributed by atoms with van der Waals surface area (Å²) in [6.45, 7) is 3.65. The molecule has 0 atom stereocenters. The van der Waals surface area contributed by atoms with Gasteiger partial charge in [0.2, 0.25) is 0 Å². The average molecular weight is 203 g/mol. The molecule has 0 amide bonds. The second-order valence-corrected chi connectivity index (χ2v) is 3.38. The zero-order valence-corrected chi connectivity index (χ0v) is 8.73. The van der Waals surface area contributed by atoms with Crippen LogP contribution >= 0.6 is 0 Å². The van der Waals surface area contributed by atoms with Gasteiger partial charge in [0, 0.05) is 6.20 Å². The van der Waals surface area contributed by atoms with Crippen LogP contribution in [-0.2, 0) is 11.3 Å². The van der Waals surface area contributed by atoms with Crippen LogP contribution in [0.3, 0.4) is 0 Å². The van der Waals surface area contributed by atoms with Crippen molar-refractivity contribution in [3.8, 4) is 0 Å². The van der Waals surface area contributed by atoms with Crippen molar-refractivity contribution in [2.75, 3.05) is 7.11 Å². The van der Waals surface area contributed by atoms with Gasteiger partial charge in [0.25, 0.3) is 0 Å². The monoisotopic (exact) mass is 203 g/mol. The smallest absolute Gasteiger partial charge is 0.151 e. The van der Waals surface area contributed by atoms with Gasteiger partial charge in [-0.2, -0.15) is 0 Å². The van der Waals surface area contributed by atoms with E-state index in [0.717, 1.165) is 36.2 Å². The first-order valence-corrected chi connectivity index (χ1v) is 4.94. The number of oxime groups is 1. The van der Waals surface area contributed by atoms with E-state index in [0.29, 0.717) is 5.82 Å². The Hall–Kier alpha value is -1.71. The number of hydrogen-bond donors (Lipinski definition) is 0. The molecule has 4 nitrogen and oxygen atoms in total. The molecule has 0 unspecified atom stereocenters. The number of hydrogen-bond acceptors (Lipinski definition) is 4. The van der Waals surface area contributed by atoms with Crippen molar-refractivity contribution in [2.24, 2.45) is 5.16 Å². The van der Waals surface area contributed by atoms with Crippen LogP contribution in [0.4, 0.5) is 0 Å². The van der Waals surface area contributed by atoms with Gasteiger partial charge in [0.15, 0.2) is 5.82 Å². The number of aromatic nitrogens is 2. The molecule has 0 bridgehead atoms. The maximum Gasteiger partial charge on any atom is 0.151 e. The highest BCUT2D eigenvalue weighted by molar-refractivity contribution is 6.00. The summed E-state index contributed by atoms with van der Waals surface area (Å²) in [7, 11) is 1.55. The fraction of sp³-hybridized carbons (Fsp3) is 0.364. The fourth-order valence-corrected chi connectivity index (χ4v) is 1.72. The summed E-state index contributed by atoms with van der Waals surface area (Å²) in [5, 5.41) is 3.99. The van der Waals surface area contributed by atoms with Gasteiger partial charge >= 0.3 is 0 Å². The quantitative estimate of drug-likeness (QED) is 0.689. The first kappa shape index (κ1) is 9.83. The molecule has 15 heavy (non-hydrogen) atoms. The maximum atomic E-state index is 4.81. The third-order valence-electron chi connectivity index (χ3n) is 2.40. The van der Waals surface area contributed by atoms with Crippen LogP contribution in [0.5, 0.6) is 0 Å². The SMILES string of the molecule is C=Cc1ncc2c(n1)C(=NOC)CCC2. The van der Waals surface area contributed by atoms with E-state index in [4.69, 9.17) is 4.84 Å². The maximum absolute atomic E-state index is 4.81. The molecule has 4 heteroatoms. The molecular formula is C11H13N3O. The largest absolute Gasteiger partial charge is 0.399 e. The lowest BCUT2D eigenvalue weighted by Gasteiger charge is -2.15. The van der Waals surface area contributed by atoms with Crippen molar-refractivity contribution in [3.63, 3.8) is 0 Å². The minimum Gasteiger partial charge on any atom is -0.399 e. The summed E-state index contributed by atoms with van der Waals surface area (Å²) in [6.07, 6.45) is 6.49. The molecule has 1 aliphatic carbocycles. The van der Waals surface area contributed by atoms with Crippen molar-refractivity contribution < 1.29 is 4.84 Å². The summed E-state index contributed by atoms with van der Waals surface area (Å²) < 4.78 is 0. The molecule has 0 radical (unpaired) electrons. The minimum atomic E-state index is 0.638. The molecule has 0 fully saturated rings. The lowest BCUT2D eigenvalue weighted by molar-refractivity contribution is 0.212. The third-order valence-corrected chi connectivity index (χ3v) is 2.40. The van der Waals surface area contributed by atoms with Crippen LogP contribution < -0.4 is 0 Å². The topological polar surface area (TPSA) is 47.4 Å². The second kappa shape index (κ2) is 4.21. The van der Waals surface area contributed by atoms with Gasteiger partial charge in [0.1, 0.15) is 12.8 Å². The Morgan fingerprint density at radius 1 is 1.53 bits per heavy atom. The van der Waals surface area contributed by atoms with Gasteiger partial charge in [-0.3, -0.25) is 0 Å². The molecule has 0 aliphatic heterocycles. The van der Waals surface area contributed by atoms with Crippen LogP contribution in [-0.4, -0.2) is 22.8 Å². The first-order valence-electron chi connectivity index (χ1n) is 4.94. The van der Waals surface area contributed by atoms with Crippen LogP contribution in [0.25, 0.3) is 6.08 Å². The van der Waals surface area contributed by atoms with Crippen LogP contribution in [0.15, 0.2) is 17.9 Å². The molecule has 0 saturated carbocycles. The summed E-state index contributed by atoms with van der Waals surface area (Å²) >= 11 is 0. The van der Waals surface area contributed by atoms with Crippen molar-refractivity contribution in [1.82, 2.24) is 9.97 Å². The minimum absolute atomic E-state index is 0.638. The molecule has 1 aromatic rings. The lowest BCUT2D eigenvalue weighted by atomic mass is 9.95. The van der Waals surface area contributed by atoms with E-state index in [2.05, 4.69) is 21.7 Å². The molecular weight excluding hydrogens is 190 g/mol. The Kier molecular flexibility index (Phi) is 2.76. The van der Waals surface area contributed by atoms with Crippen molar-refractivity contribution in [1.29, 1.82) is 0 Å². The fourth-order valence-electron chi connectivity index (χ4n) is 1.72. The number of rotatable bonds is 2. The highest BCUT2D eigenvalue weighted by Crippen LogP contribution is 2.19. The van der Waals surface area contributed by atoms with Crippen LogP contribution in [0.2, 0.25) is 0 Å². The predicted molar refractivity (Wildman–Crippen MR) is 58.6 cm³/mol. The Labute approximate surface area is 88.7 Å². The highest BCUT2D eigenvalue weighted by Gasteiger charge is 2.18. The molecule has 1 aromatic heterocycles. The predicted octanol–water partition coefficient (Wildman–Crippen LogP) is 1.81. The number of nitrogens with zero attached hydrogens (tertiary/aromatic N) is 3. The van der Waals surface area contributed by atoms with Gasteiger partial charge in [-0.15, -0.1) is 0 Å². The molecule has 0 aromatic carbocycles. The molecule has 1 aliphatic rings. The molecule has 2 rings (SSSR count). The first-order chi connectivity index (χ1) is 7.35. The van der Waals surface area contributed by atoms with E-state index in [1.165, 1.54) is 0 Å². The summed E-state index contributed by atoms with van der Waals surface area (Å²) in [5.41, 5.74) is 2.96. The Balaban J connectivity index is 2.48. The molecule has 0 saturated heterocycles. The highest BCUT2D eigenvalue weighted by atomic mass is 16.6. The standard InChI is InChI=1S/C11H13N3O/c1-3-10-12-7-8-5-4-6-9(14-15-2)11(8)13-10/h3,7H,1,4-6H2,2H3. The Morgan fingerprint density at radius 2 is 2.40 bits per heavy atom. The molecule has 0 N–H and O–H groups in total. The number of fused-ring (bicyclic) bond motifs is 1. The zero-order valence-electron chi connectivity index (χ0n) is 8.73. The van der Waals surface area contributed by atoms with E-state index in [1.54, 1.807) is 13.2 Å². The third kappa shape index (κ3) is 1.88. The Morgan fingerprint density at radius 3 is 3.13 bits per heavy atom. The summed E-state index contributed by atoms with van der Waals surface area (Å²) in [5.74, 6) is 0.638. The van der Waals surface area contributed by atoms with E-state index < -0.39 is 0 Å². The molecule has 0 spiro atoms. The van der Waals surface area contributed by atoms with Gasteiger partial charge in [0.05, 0.1) is 5.69 Å². The van der Waals surface area contributed by atoms with Crippen molar-refractivity contribution in [2.45, 2.75) is 19.3 Å². The summed E-state index contributed by atoms with van der Waals surface area (Å²) in [6, 6.07) is 0. The van der Waals surface area contributed by atoms with Crippen LogP contribution in [0, 0.1) is 0 Å². The van der Waals surface area contributed by atoms with Gasteiger partial charge in [-0.05, 0) is 30.9 Å². The van der Waals surface area contributed by atoms with E-state index in [-0.39, 0.29) is 0 Å². The zero-order chi connectivity index (χ0) is 10.7. The normalized spacial score (nSPS) is 17.3. The molecule has 78 valence electrons. The summed E-state index contributed by atoms with van der Waals surface area (Å²) in [4.78, 5) is 13.4. The van der Waals surface area contributed by atoms with Gasteiger partial charge in [-0.25, -0.2) is 9.97 Å². The Bertz CT molecular complexity index is 412. The van der Waals surface area contributed by atoms with E-state index >= 15 is 0 Å². The second-order valence-electron chi connectivity index (χ2n) is 3.38. The lowest BCUT2D eigenvalue weighted by Crippen LogP contribution is -2.15. The average Bonchev–Trinajstić information content (AvgIpc) is 2.29.